The van der Waals surface area contributed by atoms with Crippen LogP contribution in [0.15, 0.2) is 0 Å². The first-order chi connectivity index (χ1) is 8.63. The van der Waals surface area contributed by atoms with Gasteiger partial charge >= 0.3 is 0 Å². The zero-order chi connectivity index (χ0) is 13.0. The van der Waals surface area contributed by atoms with E-state index in [0.29, 0.717) is 5.41 Å². The molecule has 0 amide bonds. The highest BCUT2D eigenvalue weighted by Crippen LogP contribution is 2.38. The molecule has 0 unspecified atom stereocenters. The fraction of sp³-hybridized carbons (Fsp3) is 0.846. The van der Waals surface area contributed by atoms with Gasteiger partial charge in [0.25, 0.3) is 0 Å². The summed E-state index contributed by atoms with van der Waals surface area (Å²) < 4.78 is 4.32. The molecular formula is C13H24N4S. The van der Waals surface area contributed by atoms with Crippen molar-refractivity contribution in [2.45, 2.75) is 39.0 Å². The molecule has 0 saturated heterocycles. The van der Waals surface area contributed by atoms with Crippen LogP contribution in [0.2, 0.25) is 0 Å². The summed E-state index contributed by atoms with van der Waals surface area (Å²) in [5.74, 6) is 0.954. The van der Waals surface area contributed by atoms with Gasteiger partial charge in [0.2, 0.25) is 5.13 Å². The minimum atomic E-state index is 0.432. The van der Waals surface area contributed by atoms with Crippen LogP contribution in [-0.2, 0) is 6.42 Å². The summed E-state index contributed by atoms with van der Waals surface area (Å²) in [4.78, 5) is 6.79. The predicted octanol–water partition coefficient (Wildman–Crippen LogP) is 2.63. The van der Waals surface area contributed by atoms with Crippen molar-refractivity contribution in [2.24, 2.45) is 5.41 Å². The van der Waals surface area contributed by atoms with Gasteiger partial charge in [-0.2, -0.15) is 4.37 Å². The van der Waals surface area contributed by atoms with Crippen LogP contribution >= 0.6 is 11.5 Å². The van der Waals surface area contributed by atoms with Crippen molar-refractivity contribution in [1.29, 1.82) is 0 Å². The fourth-order valence-electron chi connectivity index (χ4n) is 2.92. The predicted molar refractivity (Wildman–Crippen MR) is 77.2 cm³/mol. The highest BCUT2D eigenvalue weighted by Gasteiger charge is 2.34. The van der Waals surface area contributed by atoms with Crippen molar-refractivity contribution in [2.75, 3.05) is 32.5 Å². The number of rotatable bonds is 6. The Labute approximate surface area is 114 Å². The molecule has 18 heavy (non-hydrogen) atoms. The second-order valence-electron chi connectivity index (χ2n) is 5.67. The Bertz CT molecular complexity index is 369. The third kappa shape index (κ3) is 3.42. The number of nitrogens with zero attached hydrogens (tertiary/aromatic N) is 3. The van der Waals surface area contributed by atoms with Crippen LogP contribution in [0.5, 0.6) is 0 Å². The Morgan fingerprint density at radius 3 is 2.61 bits per heavy atom. The number of aromatic nitrogens is 2. The quantitative estimate of drug-likeness (QED) is 0.861. The van der Waals surface area contributed by atoms with Gasteiger partial charge in [-0.25, -0.2) is 4.98 Å². The minimum Gasteiger partial charge on any atom is -0.360 e. The maximum absolute atomic E-state index is 4.48. The van der Waals surface area contributed by atoms with E-state index in [4.69, 9.17) is 0 Å². The van der Waals surface area contributed by atoms with E-state index in [1.807, 2.05) is 0 Å². The second kappa shape index (κ2) is 5.97. The Kier molecular flexibility index (Phi) is 4.56. The van der Waals surface area contributed by atoms with Crippen LogP contribution in [0.3, 0.4) is 0 Å². The van der Waals surface area contributed by atoms with E-state index in [1.54, 1.807) is 0 Å². The molecule has 102 valence electrons. The zero-order valence-electron chi connectivity index (χ0n) is 11.7. The molecule has 0 atom stereocenters. The summed E-state index contributed by atoms with van der Waals surface area (Å²) in [5.41, 5.74) is 0.432. The third-order valence-electron chi connectivity index (χ3n) is 3.71. The molecule has 0 bridgehead atoms. The molecule has 2 rings (SSSR count). The molecule has 1 N–H and O–H groups in total. The molecule has 4 nitrogen and oxygen atoms in total. The number of hydrogen-bond acceptors (Lipinski definition) is 5. The van der Waals surface area contributed by atoms with Crippen LogP contribution in [0.25, 0.3) is 0 Å². The summed E-state index contributed by atoms with van der Waals surface area (Å²) >= 11 is 1.49. The van der Waals surface area contributed by atoms with E-state index in [2.05, 4.69) is 40.6 Å². The average molecular weight is 268 g/mol. The van der Waals surface area contributed by atoms with Crippen LogP contribution < -0.4 is 5.32 Å². The van der Waals surface area contributed by atoms with Gasteiger partial charge in [0, 0.05) is 36.5 Å². The molecular weight excluding hydrogens is 244 g/mol. The first-order valence-electron chi connectivity index (χ1n) is 6.85. The van der Waals surface area contributed by atoms with E-state index in [-0.39, 0.29) is 0 Å². The maximum atomic E-state index is 4.48. The van der Waals surface area contributed by atoms with E-state index in [9.17, 15) is 0 Å². The number of anilines is 1. The molecule has 1 saturated carbocycles. The number of aryl methyl sites for hydroxylation is 1. The van der Waals surface area contributed by atoms with Gasteiger partial charge in [0.15, 0.2) is 0 Å². The molecule has 0 aliphatic heterocycles. The summed E-state index contributed by atoms with van der Waals surface area (Å²) in [7, 11) is 4.33. The molecule has 5 heteroatoms. The normalized spacial score (nSPS) is 18.4. The number of hydrogen-bond donors (Lipinski definition) is 1. The lowest BCUT2D eigenvalue weighted by Crippen LogP contribution is -2.37. The Balaban J connectivity index is 1.93. The van der Waals surface area contributed by atoms with Crippen LogP contribution in [0.4, 0.5) is 5.13 Å². The second-order valence-corrected chi connectivity index (χ2v) is 6.42. The lowest BCUT2D eigenvalue weighted by molar-refractivity contribution is 0.215. The molecule has 0 aromatic carbocycles. The minimum absolute atomic E-state index is 0.432. The molecule has 1 aromatic rings. The molecule has 1 heterocycles. The fourth-order valence-corrected chi connectivity index (χ4v) is 3.56. The number of nitrogens with one attached hydrogen (secondary N) is 1. The molecule has 1 aromatic heterocycles. The van der Waals surface area contributed by atoms with Crippen molar-refractivity contribution in [3.8, 4) is 0 Å². The lowest BCUT2D eigenvalue weighted by Gasteiger charge is -2.32. The van der Waals surface area contributed by atoms with Gasteiger partial charge in [0.1, 0.15) is 5.82 Å². The highest BCUT2D eigenvalue weighted by molar-refractivity contribution is 7.09. The molecule has 0 spiro atoms. The molecule has 1 fully saturated rings. The van der Waals surface area contributed by atoms with E-state index < -0.39 is 0 Å². The summed E-state index contributed by atoms with van der Waals surface area (Å²) in [6.45, 7) is 4.29. The Morgan fingerprint density at radius 1 is 1.33 bits per heavy atom. The van der Waals surface area contributed by atoms with Crippen LogP contribution in [-0.4, -0.2) is 41.4 Å². The van der Waals surface area contributed by atoms with Gasteiger partial charge in [-0.15, -0.1) is 0 Å². The van der Waals surface area contributed by atoms with Gasteiger partial charge in [-0.05, 0) is 26.9 Å². The van der Waals surface area contributed by atoms with Crippen molar-refractivity contribution in [3.63, 3.8) is 0 Å². The topological polar surface area (TPSA) is 41.1 Å². The smallest absolute Gasteiger partial charge is 0.202 e. The van der Waals surface area contributed by atoms with Crippen molar-refractivity contribution >= 4 is 16.7 Å². The average Bonchev–Trinajstić information content (AvgIpc) is 2.95. The van der Waals surface area contributed by atoms with E-state index in [1.165, 1.54) is 43.8 Å². The third-order valence-corrected chi connectivity index (χ3v) is 4.43. The highest BCUT2D eigenvalue weighted by atomic mass is 32.1. The summed E-state index contributed by atoms with van der Waals surface area (Å²) in [6, 6.07) is 0. The summed E-state index contributed by atoms with van der Waals surface area (Å²) in [5, 5.41) is 4.49. The molecule has 0 radical (unpaired) electrons. The lowest BCUT2D eigenvalue weighted by atomic mass is 9.85. The van der Waals surface area contributed by atoms with Crippen molar-refractivity contribution in [1.82, 2.24) is 14.3 Å². The largest absolute Gasteiger partial charge is 0.360 e. The van der Waals surface area contributed by atoms with E-state index >= 15 is 0 Å². The Hall–Kier alpha value is -0.680. The zero-order valence-corrected chi connectivity index (χ0v) is 12.5. The van der Waals surface area contributed by atoms with Crippen molar-refractivity contribution in [3.05, 3.63) is 5.82 Å². The first kappa shape index (κ1) is 13.7. The van der Waals surface area contributed by atoms with E-state index in [0.717, 1.165) is 23.9 Å². The first-order valence-corrected chi connectivity index (χ1v) is 7.62. The molecule has 1 aliphatic rings. The van der Waals surface area contributed by atoms with Crippen molar-refractivity contribution < 1.29 is 0 Å². The standard InChI is InChI=1S/C13H24N4S/c1-4-11-15-12(18-16-11)14-9-13(10-17(2)3)7-5-6-8-13/h4-10H2,1-3H3,(H,14,15,16). The van der Waals surface area contributed by atoms with Gasteiger partial charge in [0.05, 0.1) is 0 Å². The SMILES string of the molecule is CCc1nsc(NCC2(CN(C)C)CCCC2)n1. The molecule has 1 aliphatic carbocycles. The van der Waals surface area contributed by atoms with Crippen LogP contribution in [0, 0.1) is 5.41 Å². The summed E-state index contributed by atoms with van der Waals surface area (Å²) in [6.07, 6.45) is 6.31. The Morgan fingerprint density at radius 2 is 2.06 bits per heavy atom. The van der Waals surface area contributed by atoms with Crippen LogP contribution in [0.1, 0.15) is 38.4 Å². The maximum Gasteiger partial charge on any atom is 0.202 e. The monoisotopic (exact) mass is 268 g/mol. The van der Waals surface area contributed by atoms with Gasteiger partial charge in [-0.3, -0.25) is 0 Å². The van der Waals surface area contributed by atoms with Gasteiger partial charge < -0.3 is 10.2 Å². The van der Waals surface area contributed by atoms with Gasteiger partial charge in [-0.1, -0.05) is 19.8 Å².